The molecule has 64 heavy (non-hydrogen) atoms. The first-order valence-corrected chi connectivity index (χ1v) is 20.9. The summed E-state index contributed by atoms with van der Waals surface area (Å²) >= 11 is 0. The van der Waals surface area contributed by atoms with Gasteiger partial charge in [-0.25, -0.2) is 9.59 Å². The number of ether oxygens (including phenoxy) is 7. The van der Waals surface area contributed by atoms with Gasteiger partial charge in [0.15, 0.2) is 23.6 Å². The molecule has 2 heterocycles. The molecule has 17 nitrogen and oxygen atoms in total. The number of aliphatic hydroxyl groups excluding tert-OH is 1. The highest BCUT2D eigenvalue weighted by molar-refractivity contribution is 5.96. The van der Waals surface area contributed by atoms with Gasteiger partial charge >= 0.3 is 23.9 Å². The summed E-state index contributed by atoms with van der Waals surface area (Å²) in [7, 11) is 1.38. The summed E-state index contributed by atoms with van der Waals surface area (Å²) in [5.41, 5.74) is -7.19. The van der Waals surface area contributed by atoms with Gasteiger partial charge in [-0.05, 0) is 61.4 Å². The van der Waals surface area contributed by atoms with E-state index in [2.05, 4.69) is 5.32 Å². The number of ketones is 1. The Morgan fingerprint density at radius 1 is 0.891 bits per heavy atom. The van der Waals surface area contributed by atoms with E-state index < -0.39 is 113 Å². The number of nitrogens with one attached hydrogen (secondary N) is 1. The maximum atomic E-state index is 15.9. The minimum Gasteiger partial charge on any atom is -0.467 e. The topological polar surface area (TPSA) is 233 Å². The fraction of sp³-hybridized carbons (Fsp3) is 0.489. The van der Waals surface area contributed by atoms with E-state index in [1.807, 2.05) is 0 Å². The second kappa shape index (κ2) is 17.7. The summed E-state index contributed by atoms with van der Waals surface area (Å²) in [6.45, 7) is 7.90. The van der Waals surface area contributed by atoms with E-state index in [9.17, 15) is 34.2 Å². The van der Waals surface area contributed by atoms with Crippen LogP contribution < -0.4 is 5.32 Å². The van der Waals surface area contributed by atoms with Crippen molar-refractivity contribution < 1.29 is 76.6 Å². The minimum atomic E-state index is -2.38. The molecule has 0 radical (unpaired) electrons. The smallest absolute Gasteiger partial charge is 0.338 e. The number of rotatable bonds is 13. The van der Waals surface area contributed by atoms with Crippen LogP contribution in [0, 0.1) is 16.7 Å². The van der Waals surface area contributed by atoms with E-state index in [0.29, 0.717) is 0 Å². The molecule has 7 rings (SSSR count). The van der Waals surface area contributed by atoms with Crippen LogP contribution in [0.15, 0.2) is 94.6 Å². The van der Waals surface area contributed by atoms with E-state index in [1.54, 1.807) is 50.2 Å². The Kier molecular flexibility index (Phi) is 12.8. The number of hydrogen-bond donors (Lipinski definition) is 3. The second-order valence-corrected chi connectivity index (χ2v) is 17.5. The standard InChI is InChI=1S/C47H53NO16/c1-25-31(62-43(55)36(51)35(30-19-14-20-58-30)48-41(53)28-15-10-8-11-16-28)22-47(56)40(63-42(54)29-17-12-9-13-18-29)38-45(6,39(52)37(61-26(2)49)34(25)44(47,4)5)32(60-24-57-7)21-33-46(38,23-59-33)64-27(3)50/h8-20,31-33,35-38,40,51,56H,21-24H2,1-7H3,(H,48,53)/t31-,32-,33+,35-,36+,37+,38?,40?,45+,46-,47+/m0/s1. The highest BCUT2D eigenvalue weighted by Gasteiger charge is 2.78. The molecule has 11 atom stereocenters. The van der Waals surface area contributed by atoms with Crippen molar-refractivity contribution in [1.29, 1.82) is 0 Å². The Bertz CT molecular complexity index is 2290. The summed E-state index contributed by atoms with van der Waals surface area (Å²) in [6, 6.07) is 17.5. The minimum absolute atomic E-state index is 0.0145. The van der Waals surface area contributed by atoms with Gasteiger partial charge in [0, 0.05) is 44.8 Å². The maximum Gasteiger partial charge on any atom is 0.338 e. The van der Waals surface area contributed by atoms with Crippen molar-refractivity contribution in [2.75, 3.05) is 20.5 Å². The van der Waals surface area contributed by atoms with Gasteiger partial charge in [-0.3, -0.25) is 19.2 Å². The second-order valence-electron chi connectivity index (χ2n) is 17.5. The van der Waals surface area contributed by atoms with Crippen LogP contribution in [0.25, 0.3) is 0 Å². The number of Topliss-reactive ketones (excluding diaryl/α,β-unsaturated/α-hetero) is 1. The zero-order valence-electron chi connectivity index (χ0n) is 36.6. The van der Waals surface area contributed by atoms with Gasteiger partial charge in [0.25, 0.3) is 5.91 Å². The monoisotopic (exact) mass is 887 g/mol. The maximum absolute atomic E-state index is 15.9. The fourth-order valence-electron chi connectivity index (χ4n) is 10.3. The van der Waals surface area contributed by atoms with Crippen molar-refractivity contribution in [3.05, 3.63) is 107 Å². The molecular formula is C47H53NO16. The predicted molar refractivity (Wildman–Crippen MR) is 221 cm³/mol. The van der Waals surface area contributed by atoms with E-state index >= 15 is 4.79 Å². The van der Waals surface area contributed by atoms with Gasteiger partial charge < -0.3 is 53.1 Å². The quantitative estimate of drug-likeness (QED) is 0.0954. The van der Waals surface area contributed by atoms with Gasteiger partial charge in [-0.15, -0.1) is 0 Å². The number of aliphatic hydroxyl groups is 2. The number of fused-ring (bicyclic) bond motifs is 5. The lowest BCUT2D eigenvalue weighted by Gasteiger charge is -2.67. The molecule has 2 unspecified atom stereocenters. The van der Waals surface area contributed by atoms with Crippen LogP contribution in [0.3, 0.4) is 0 Å². The van der Waals surface area contributed by atoms with Gasteiger partial charge in [0.2, 0.25) is 0 Å². The lowest BCUT2D eigenvalue weighted by molar-refractivity contribution is -0.351. The first kappa shape index (κ1) is 46.3. The Hall–Kier alpha value is -5.72. The molecule has 3 fully saturated rings. The lowest BCUT2D eigenvalue weighted by atomic mass is 9.44. The SMILES string of the molecule is COCO[C@H]1C[C@H]2OC[C@@]2(OC(C)=O)C2C(OC(=O)c3ccccc3)[C@]3(O)C[C@H](OC(=O)[C@H](O)[C@@H](NC(=O)c4ccccc4)c4ccco4)C(C)=C([C@@H](OC(C)=O)C(=O)[C@@]21C)C3(C)C. The van der Waals surface area contributed by atoms with Gasteiger partial charge in [-0.1, -0.05) is 50.2 Å². The number of hydrogen-bond acceptors (Lipinski definition) is 16. The zero-order valence-corrected chi connectivity index (χ0v) is 36.6. The largest absolute Gasteiger partial charge is 0.467 e. The first-order chi connectivity index (χ1) is 30.3. The average molecular weight is 888 g/mol. The van der Waals surface area contributed by atoms with E-state index in [1.165, 1.54) is 70.5 Å². The van der Waals surface area contributed by atoms with Crippen molar-refractivity contribution in [2.24, 2.45) is 16.7 Å². The van der Waals surface area contributed by atoms with Crippen LogP contribution in [0.5, 0.6) is 0 Å². The molecule has 1 saturated heterocycles. The molecule has 1 aromatic heterocycles. The lowest BCUT2D eigenvalue weighted by Crippen LogP contribution is -2.82. The molecule has 3 aromatic rings. The van der Waals surface area contributed by atoms with Crippen molar-refractivity contribution in [1.82, 2.24) is 5.32 Å². The molecule has 0 spiro atoms. The zero-order chi connectivity index (χ0) is 46.4. The molecule has 1 aliphatic heterocycles. The third kappa shape index (κ3) is 7.82. The number of furan rings is 1. The van der Waals surface area contributed by atoms with Crippen LogP contribution in [0.1, 0.15) is 86.9 Å². The Morgan fingerprint density at radius 2 is 1.55 bits per heavy atom. The van der Waals surface area contributed by atoms with E-state index in [4.69, 9.17) is 37.6 Å². The molecular weight excluding hydrogens is 835 g/mol. The summed E-state index contributed by atoms with van der Waals surface area (Å²) in [5.74, 6) is -6.69. The number of methoxy groups -OCH3 is 1. The van der Waals surface area contributed by atoms with E-state index in [0.717, 1.165) is 6.92 Å². The third-order valence-corrected chi connectivity index (χ3v) is 13.5. The van der Waals surface area contributed by atoms with Gasteiger partial charge in [0.05, 0.1) is 35.9 Å². The van der Waals surface area contributed by atoms with Gasteiger partial charge in [-0.2, -0.15) is 0 Å². The van der Waals surface area contributed by atoms with Crippen LogP contribution >= 0.6 is 0 Å². The summed E-state index contributed by atoms with van der Waals surface area (Å²) in [5, 5.41) is 28.2. The fourth-order valence-corrected chi connectivity index (χ4v) is 10.3. The van der Waals surface area contributed by atoms with Crippen LogP contribution in [-0.2, 0) is 52.3 Å². The molecule has 2 aromatic carbocycles. The summed E-state index contributed by atoms with van der Waals surface area (Å²) in [6.07, 6.45) is -8.55. The number of esters is 4. The molecule has 2 saturated carbocycles. The number of carbonyl (C=O) groups is 6. The predicted octanol–water partition coefficient (Wildman–Crippen LogP) is 3.96. The average Bonchev–Trinajstić information content (AvgIpc) is 3.80. The normalized spacial score (nSPS) is 31.3. The van der Waals surface area contributed by atoms with Crippen molar-refractivity contribution in [3.63, 3.8) is 0 Å². The highest BCUT2D eigenvalue weighted by atomic mass is 16.7. The van der Waals surface area contributed by atoms with Crippen molar-refractivity contribution in [3.8, 4) is 0 Å². The molecule has 17 heteroatoms. The molecule has 3 aliphatic carbocycles. The molecule has 1 amide bonds. The Labute approximate surface area is 369 Å². The number of benzene rings is 2. The van der Waals surface area contributed by atoms with Crippen LogP contribution in [0.4, 0.5) is 0 Å². The Morgan fingerprint density at radius 3 is 2.11 bits per heavy atom. The number of carbonyl (C=O) groups excluding carboxylic acids is 6. The van der Waals surface area contributed by atoms with Crippen LogP contribution in [0.2, 0.25) is 0 Å². The van der Waals surface area contributed by atoms with Gasteiger partial charge in [0.1, 0.15) is 42.5 Å². The van der Waals surface area contributed by atoms with Crippen LogP contribution in [-0.4, -0.2) is 114 Å². The number of amides is 1. The van der Waals surface area contributed by atoms with Crippen molar-refractivity contribution >= 4 is 35.6 Å². The summed E-state index contributed by atoms with van der Waals surface area (Å²) in [4.78, 5) is 84.2. The highest BCUT2D eigenvalue weighted by Crippen LogP contribution is 2.65. The summed E-state index contributed by atoms with van der Waals surface area (Å²) < 4.78 is 47.8. The molecule has 342 valence electrons. The Balaban J connectivity index is 1.41. The van der Waals surface area contributed by atoms with E-state index in [-0.39, 0.29) is 47.9 Å². The third-order valence-electron chi connectivity index (χ3n) is 13.5. The molecule has 3 N–H and O–H groups in total. The molecule has 4 aliphatic rings. The molecule has 2 bridgehead atoms. The first-order valence-electron chi connectivity index (χ1n) is 20.9. The van der Waals surface area contributed by atoms with Crippen molar-refractivity contribution in [2.45, 2.75) is 108 Å².